The lowest BCUT2D eigenvalue weighted by Crippen LogP contribution is -2.17. The van der Waals surface area contributed by atoms with Gasteiger partial charge < -0.3 is 10.1 Å². The van der Waals surface area contributed by atoms with Crippen LogP contribution in [0.1, 0.15) is 21.5 Å². The number of benzene rings is 4. The second-order valence-corrected chi connectivity index (χ2v) is 12.9. The van der Waals surface area contributed by atoms with E-state index in [0.717, 1.165) is 42.1 Å². The molecule has 0 fully saturated rings. The van der Waals surface area contributed by atoms with Gasteiger partial charge >= 0.3 is 0 Å². The third-order valence-corrected chi connectivity index (χ3v) is 8.65. The maximum absolute atomic E-state index is 12.6. The number of hydrogen-bond acceptors (Lipinski definition) is 6. The van der Waals surface area contributed by atoms with Crippen molar-refractivity contribution >= 4 is 100 Å². The summed E-state index contributed by atoms with van der Waals surface area (Å²) >= 11 is 16.9. The number of rotatable bonds is 9. The number of nitrogens with zero attached hydrogens (tertiary/aromatic N) is 2. The molecule has 0 saturated carbocycles. The van der Waals surface area contributed by atoms with Gasteiger partial charge in [-0.15, -0.1) is 11.3 Å². The summed E-state index contributed by atoms with van der Waals surface area (Å²) in [5.41, 5.74) is 7.56. The van der Waals surface area contributed by atoms with Crippen LogP contribution in [0.25, 0.3) is 11.3 Å². The van der Waals surface area contributed by atoms with Crippen LogP contribution in [0.5, 0.6) is 5.75 Å². The van der Waals surface area contributed by atoms with E-state index in [9.17, 15) is 4.79 Å². The molecule has 11 heteroatoms. The predicted molar refractivity (Wildman–Crippen MR) is 183 cm³/mol. The van der Waals surface area contributed by atoms with Crippen LogP contribution < -0.4 is 15.5 Å². The fourth-order valence-electron chi connectivity index (χ4n) is 3.67. The van der Waals surface area contributed by atoms with Crippen LogP contribution in [0.3, 0.4) is 0 Å². The largest absolute Gasteiger partial charge is 0.487 e. The van der Waals surface area contributed by atoms with Crippen LogP contribution in [-0.2, 0) is 6.61 Å². The Morgan fingerprint density at radius 2 is 1.68 bits per heavy atom. The average Bonchev–Trinajstić information content (AvgIpc) is 3.43. The van der Waals surface area contributed by atoms with Gasteiger partial charge in [-0.25, -0.2) is 10.4 Å². The molecule has 5 aromatic rings. The fourth-order valence-corrected chi connectivity index (χ4v) is 6.35. The number of thiazole rings is 1. The molecule has 2 N–H and O–H groups in total. The summed E-state index contributed by atoms with van der Waals surface area (Å²) in [5, 5.41) is 10.8. The van der Waals surface area contributed by atoms with Crippen LogP contribution in [0.2, 0.25) is 5.02 Å². The zero-order chi connectivity index (χ0) is 28.8. The molecule has 0 bridgehead atoms. The topological polar surface area (TPSA) is 75.6 Å². The highest BCUT2D eigenvalue weighted by atomic mass is 127. The molecule has 6 nitrogen and oxygen atoms in total. The van der Waals surface area contributed by atoms with Crippen molar-refractivity contribution < 1.29 is 9.53 Å². The number of ether oxygens (including phenoxy) is 1. The highest BCUT2D eigenvalue weighted by Crippen LogP contribution is 2.35. The van der Waals surface area contributed by atoms with Gasteiger partial charge in [-0.2, -0.15) is 5.10 Å². The van der Waals surface area contributed by atoms with E-state index in [2.05, 4.69) is 75.3 Å². The van der Waals surface area contributed by atoms with Gasteiger partial charge in [0.25, 0.3) is 5.91 Å². The Hall–Kier alpha value is -2.77. The van der Waals surface area contributed by atoms with E-state index < -0.39 is 0 Å². The molecule has 0 aliphatic heterocycles. The summed E-state index contributed by atoms with van der Waals surface area (Å²) in [6, 6.07) is 26.6. The summed E-state index contributed by atoms with van der Waals surface area (Å²) in [5.74, 6) is 0.379. The Kier molecular flexibility index (Phi) is 10.1. The number of anilines is 2. The lowest BCUT2D eigenvalue weighted by molar-refractivity contribution is 0.0955. The van der Waals surface area contributed by atoms with E-state index in [1.54, 1.807) is 18.3 Å². The highest BCUT2D eigenvalue weighted by molar-refractivity contribution is 14.1. The predicted octanol–water partition coefficient (Wildman–Crippen LogP) is 9.68. The maximum atomic E-state index is 12.6. The number of carbonyl (C=O) groups excluding carboxylic acids is 1. The van der Waals surface area contributed by atoms with Crippen molar-refractivity contribution in [3.05, 3.63) is 125 Å². The van der Waals surface area contributed by atoms with E-state index in [4.69, 9.17) is 16.3 Å². The fraction of sp³-hybridized carbons (Fsp3) is 0.0333. The van der Waals surface area contributed by atoms with Crippen molar-refractivity contribution in [3.63, 3.8) is 0 Å². The number of hydrazone groups is 1. The third kappa shape index (κ3) is 8.16. The van der Waals surface area contributed by atoms with Crippen molar-refractivity contribution in [1.82, 2.24) is 10.4 Å². The first-order valence-corrected chi connectivity index (χ1v) is 16.0. The summed E-state index contributed by atoms with van der Waals surface area (Å²) in [6.07, 6.45) is 1.58. The molecule has 0 aliphatic rings. The van der Waals surface area contributed by atoms with Crippen molar-refractivity contribution in [1.29, 1.82) is 0 Å². The Morgan fingerprint density at radius 1 is 1.00 bits per heavy atom. The van der Waals surface area contributed by atoms with Crippen LogP contribution in [0.15, 0.2) is 104 Å². The van der Waals surface area contributed by atoms with Crippen LogP contribution in [0.4, 0.5) is 10.8 Å². The molecule has 1 heterocycles. The summed E-state index contributed by atoms with van der Waals surface area (Å²) in [6.45, 7) is 0.445. The first-order valence-electron chi connectivity index (χ1n) is 12.1. The molecule has 0 atom stereocenters. The van der Waals surface area contributed by atoms with Crippen LogP contribution >= 0.6 is 77.4 Å². The van der Waals surface area contributed by atoms with Crippen molar-refractivity contribution in [2.45, 2.75) is 6.61 Å². The molecular weight excluding hydrogens is 803 g/mol. The van der Waals surface area contributed by atoms with Crippen LogP contribution in [-0.4, -0.2) is 17.1 Å². The number of halogens is 4. The molecule has 41 heavy (non-hydrogen) atoms. The van der Waals surface area contributed by atoms with Gasteiger partial charge in [0, 0.05) is 30.8 Å². The van der Waals surface area contributed by atoms with E-state index >= 15 is 0 Å². The lowest BCUT2D eigenvalue weighted by Gasteiger charge is -2.11. The second-order valence-electron chi connectivity index (χ2n) is 8.68. The van der Waals surface area contributed by atoms with Gasteiger partial charge in [0.2, 0.25) is 0 Å². The molecule has 0 unspecified atom stereocenters. The Morgan fingerprint density at radius 3 is 2.37 bits per heavy atom. The van der Waals surface area contributed by atoms with Crippen molar-refractivity contribution in [2.75, 3.05) is 5.32 Å². The van der Waals surface area contributed by atoms with Crippen molar-refractivity contribution in [3.8, 4) is 17.0 Å². The number of aromatic nitrogens is 1. The number of carbonyl (C=O) groups is 1. The monoisotopic (exact) mass is 820 g/mol. The first-order chi connectivity index (χ1) is 19.8. The molecule has 0 saturated heterocycles. The number of amides is 1. The van der Waals surface area contributed by atoms with Crippen molar-refractivity contribution in [2.24, 2.45) is 5.10 Å². The van der Waals surface area contributed by atoms with E-state index in [1.165, 1.54) is 14.9 Å². The SMILES string of the molecule is O=C(N/N=C\c1cc(Br)c(OCc2ccc(I)cc2)c(Br)c1)c1ccc(-c2csc(Nc3ccc(Cl)cc3)n2)cc1. The van der Waals surface area contributed by atoms with Gasteiger partial charge in [-0.3, -0.25) is 4.79 Å². The van der Waals surface area contributed by atoms with Gasteiger partial charge in [-0.1, -0.05) is 35.9 Å². The van der Waals surface area contributed by atoms with E-state index in [0.29, 0.717) is 22.9 Å². The minimum absolute atomic E-state index is 0.313. The van der Waals surface area contributed by atoms with E-state index in [1.807, 2.05) is 78.2 Å². The summed E-state index contributed by atoms with van der Waals surface area (Å²) in [4.78, 5) is 17.3. The zero-order valence-electron chi connectivity index (χ0n) is 21.1. The van der Waals surface area contributed by atoms with Crippen LogP contribution in [0, 0.1) is 3.57 Å². The zero-order valence-corrected chi connectivity index (χ0v) is 28.0. The molecule has 1 aromatic heterocycles. The first kappa shape index (κ1) is 29.7. The van der Waals surface area contributed by atoms with Gasteiger partial charge in [0.05, 0.1) is 20.9 Å². The minimum atomic E-state index is -0.313. The highest BCUT2D eigenvalue weighted by Gasteiger charge is 2.11. The van der Waals surface area contributed by atoms with Gasteiger partial charge in [0.15, 0.2) is 5.13 Å². The Labute approximate surface area is 276 Å². The molecule has 0 radical (unpaired) electrons. The average molecular weight is 823 g/mol. The molecule has 206 valence electrons. The van der Waals surface area contributed by atoms with Gasteiger partial charge in [-0.05, 0) is 126 Å². The minimum Gasteiger partial charge on any atom is -0.487 e. The Bertz CT molecular complexity index is 1670. The molecule has 0 aliphatic carbocycles. The molecule has 1 amide bonds. The molecular formula is C30H20Br2ClIN4O2S. The lowest BCUT2D eigenvalue weighted by atomic mass is 10.1. The summed E-state index contributed by atoms with van der Waals surface area (Å²) in [7, 11) is 0. The van der Waals surface area contributed by atoms with E-state index in [-0.39, 0.29) is 5.91 Å². The molecule has 5 rings (SSSR count). The number of hydrogen-bond donors (Lipinski definition) is 2. The normalized spacial score (nSPS) is 11.0. The third-order valence-electron chi connectivity index (χ3n) is 5.74. The number of nitrogens with one attached hydrogen (secondary N) is 2. The quantitative estimate of drug-likeness (QED) is 0.0883. The van der Waals surface area contributed by atoms with Gasteiger partial charge in [0.1, 0.15) is 12.4 Å². The smallest absolute Gasteiger partial charge is 0.271 e. The maximum Gasteiger partial charge on any atom is 0.271 e. The molecule has 4 aromatic carbocycles. The standard InChI is InChI=1S/C30H20Br2ClIN4O2S/c31-25-13-19(14-26(32)28(25)40-16-18-1-9-23(34)10-2-18)15-35-38-29(39)21-5-3-20(4-6-21)27-17-41-30(37-27)36-24-11-7-22(33)8-12-24/h1-15,17H,16H2,(H,36,37)(H,38,39)/b35-15-. The summed E-state index contributed by atoms with van der Waals surface area (Å²) < 4.78 is 8.72. The molecule has 0 spiro atoms. The Balaban J connectivity index is 1.16. The second kappa shape index (κ2) is 13.9.